The quantitative estimate of drug-likeness (QED) is 0.178. The van der Waals surface area contributed by atoms with Crippen molar-refractivity contribution in [2.45, 2.75) is 5.41 Å². The molecule has 0 fully saturated rings. The molecular weight excluding hydrogens is 785 g/mol. The summed E-state index contributed by atoms with van der Waals surface area (Å²) in [6, 6.07) is 69.0. The number of rotatable bonds is 3. The van der Waals surface area contributed by atoms with Crippen molar-refractivity contribution in [1.82, 2.24) is 19.5 Å². The summed E-state index contributed by atoms with van der Waals surface area (Å²) < 4.78 is 15.0. The molecule has 15 rings (SSSR count). The van der Waals surface area contributed by atoms with Gasteiger partial charge in [0.25, 0.3) is 0 Å². The van der Waals surface area contributed by atoms with Crippen LogP contribution in [0.4, 0.5) is 0 Å². The van der Waals surface area contributed by atoms with Gasteiger partial charge in [-0.05, 0) is 93.0 Å². The van der Waals surface area contributed by atoms with Crippen LogP contribution < -0.4 is 0 Å². The molecule has 0 saturated carbocycles. The van der Waals surface area contributed by atoms with Crippen LogP contribution in [0.5, 0.6) is 0 Å². The fraction of sp³-hybridized carbons (Fsp3) is 0.0172. The van der Waals surface area contributed by atoms with E-state index in [0.717, 1.165) is 71.4 Å². The van der Waals surface area contributed by atoms with Crippen molar-refractivity contribution in [2.24, 2.45) is 0 Å². The molecule has 13 aromatic rings. The second kappa shape index (κ2) is 12.3. The van der Waals surface area contributed by atoms with Crippen LogP contribution in [0.15, 0.2) is 203 Å². The number of hydrogen-bond acceptors (Lipinski definition) is 5. The van der Waals surface area contributed by atoms with Gasteiger partial charge in [-0.15, -0.1) is 0 Å². The highest BCUT2D eigenvalue weighted by Gasteiger charge is 2.52. The lowest BCUT2D eigenvalue weighted by atomic mass is 9.70. The summed E-state index contributed by atoms with van der Waals surface area (Å²) >= 11 is 0. The molecule has 0 atom stereocenters. The first-order valence-electron chi connectivity index (χ1n) is 21.7. The van der Waals surface area contributed by atoms with E-state index in [1.807, 2.05) is 48.5 Å². The van der Waals surface area contributed by atoms with Gasteiger partial charge in [0.2, 0.25) is 5.95 Å². The van der Waals surface area contributed by atoms with Crippen molar-refractivity contribution in [3.63, 3.8) is 0 Å². The second-order valence-corrected chi connectivity index (χ2v) is 17.0. The van der Waals surface area contributed by atoms with Gasteiger partial charge >= 0.3 is 0 Å². The maximum atomic E-state index is 6.39. The van der Waals surface area contributed by atoms with Gasteiger partial charge in [-0.2, -0.15) is 9.97 Å². The van der Waals surface area contributed by atoms with Crippen LogP contribution in [0.3, 0.4) is 0 Å². The summed E-state index contributed by atoms with van der Waals surface area (Å²) in [4.78, 5) is 16.0. The minimum absolute atomic E-state index is 0.464. The van der Waals surface area contributed by atoms with Crippen molar-refractivity contribution < 1.29 is 8.83 Å². The molecule has 1 spiro atoms. The van der Waals surface area contributed by atoms with Gasteiger partial charge in [0.1, 0.15) is 22.3 Å². The van der Waals surface area contributed by atoms with E-state index in [-0.39, 0.29) is 0 Å². The minimum Gasteiger partial charge on any atom is -0.456 e. The molecule has 0 amide bonds. The molecule has 2 aliphatic carbocycles. The van der Waals surface area contributed by atoms with Crippen LogP contribution in [-0.2, 0) is 5.41 Å². The van der Waals surface area contributed by atoms with Crippen molar-refractivity contribution in [3.05, 3.63) is 216 Å². The Morgan fingerprint density at radius 1 is 0.359 bits per heavy atom. The molecule has 0 saturated heterocycles. The van der Waals surface area contributed by atoms with Gasteiger partial charge in [0.05, 0.1) is 16.4 Å². The number of furan rings is 2. The predicted octanol–water partition coefficient (Wildman–Crippen LogP) is 14.4. The van der Waals surface area contributed by atoms with Gasteiger partial charge in [-0.25, -0.2) is 4.98 Å². The van der Waals surface area contributed by atoms with Crippen LogP contribution in [0.2, 0.25) is 0 Å². The summed E-state index contributed by atoms with van der Waals surface area (Å²) in [5.41, 5.74) is 16.8. The van der Waals surface area contributed by atoms with Gasteiger partial charge in [0, 0.05) is 43.4 Å². The highest BCUT2D eigenvalue weighted by atomic mass is 16.3. The zero-order valence-corrected chi connectivity index (χ0v) is 34.1. The average Bonchev–Trinajstić information content (AvgIpc) is 4.15. The monoisotopic (exact) mass is 816 g/mol. The average molecular weight is 817 g/mol. The first kappa shape index (κ1) is 34.0. The minimum atomic E-state index is -0.464. The fourth-order valence-electron chi connectivity index (χ4n) is 11.3. The first-order valence-corrected chi connectivity index (χ1v) is 21.7. The summed E-state index contributed by atoms with van der Waals surface area (Å²) in [7, 11) is 0. The molecule has 4 heterocycles. The Bertz CT molecular complexity index is 3990. The largest absolute Gasteiger partial charge is 0.456 e. The lowest BCUT2D eigenvalue weighted by Crippen LogP contribution is -2.25. The number of fused-ring (bicyclic) bond motifs is 20. The van der Waals surface area contributed by atoms with Crippen molar-refractivity contribution in [1.29, 1.82) is 0 Å². The summed E-state index contributed by atoms with van der Waals surface area (Å²) in [6.45, 7) is 0. The highest BCUT2D eigenvalue weighted by molar-refractivity contribution is 6.19. The third kappa shape index (κ3) is 4.31. The van der Waals surface area contributed by atoms with Crippen molar-refractivity contribution >= 4 is 65.7 Å². The van der Waals surface area contributed by atoms with Crippen LogP contribution >= 0.6 is 0 Å². The molecule has 0 aliphatic heterocycles. The predicted molar refractivity (Wildman–Crippen MR) is 256 cm³/mol. The number of nitrogens with zero attached hydrogens (tertiary/aromatic N) is 4. The lowest BCUT2D eigenvalue weighted by molar-refractivity contribution is 0.668. The Morgan fingerprint density at radius 2 is 0.844 bits per heavy atom. The topological polar surface area (TPSA) is 69.9 Å². The maximum Gasteiger partial charge on any atom is 0.238 e. The van der Waals surface area contributed by atoms with Gasteiger partial charge in [0.15, 0.2) is 11.6 Å². The molecular formula is C58H32N4O2. The van der Waals surface area contributed by atoms with E-state index >= 15 is 0 Å². The lowest BCUT2D eigenvalue weighted by Gasteiger charge is -2.30. The van der Waals surface area contributed by atoms with E-state index in [2.05, 4.69) is 150 Å². The van der Waals surface area contributed by atoms with Gasteiger partial charge in [-0.1, -0.05) is 146 Å². The molecule has 0 N–H and O–H groups in total. The summed E-state index contributed by atoms with van der Waals surface area (Å²) in [5.74, 6) is 1.61. The molecule has 6 nitrogen and oxygen atoms in total. The normalized spacial score (nSPS) is 13.4. The van der Waals surface area contributed by atoms with Crippen LogP contribution in [-0.4, -0.2) is 19.5 Å². The van der Waals surface area contributed by atoms with E-state index in [9.17, 15) is 0 Å². The van der Waals surface area contributed by atoms with Crippen molar-refractivity contribution in [2.75, 3.05) is 0 Å². The SMILES string of the molecule is c1ccc2c(c1)-c1ccccc1C21c2ccccc2-c2c1ccc1c2c2ccccc2n1-c1nc(-c2ccc3c(c2)oc2ccccc23)nc(-c2ccc3c(c2)oc2ccccc23)n1. The third-order valence-electron chi connectivity index (χ3n) is 13.9. The van der Waals surface area contributed by atoms with E-state index < -0.39 is 5.41 Å². The molecule has 4 aromatic heterocycles. The Labute approximate surface area is 365 Å². The van der Waals surface area contributed by atoms with Crippen LogP contribution in [0.25, 0.3) is 117 Å². The highest BCUT2D eigenvalue weighted by Crippen LogP contribution is 2.64. The van der Waals surface area contributed by atoms with E-state index in [0.29, 0.717) is 17.6 Å². The number of para-hydroxylation sites is 3. The zero-order chi connectivity index (χ0) is 41.7. The maximum absolute atomic E-state index is 6.39. The zero-order valence-electron chi connectivity index (χ0n) is 34.1. The van der Waals surface area contributed by atoms with Gasteiger partial charge in [-0.3, -0.25) is 4.57 Å². The number of aromatic nitrogens is 4. The first-order chi connectivity index (χ1) is 31.7. The molecule has 296 valence electrons. The van der Waals surface area contributed by atoms with E-state index in [1.54, 1.807) is 0 Å². The number of benzene rings is 9. The Morgan fingerprint density at radius 3 is 1.45 bits per heavy atom. The Balaban J connectivity index is 1.02. The van der Waals surface area contributed by atoms with E-state index in [4.69, 9.17) is 23.8 Å². The molecule has 64 heavy (non-hydrogen) atoms. The molecule has 9 aromatic carbocycles. The van der Waals surface area contributed by atoms with Gasteiger partial charge < -0.3 is 8.83 Å². The molecule has 2 aliphatic rings. The fourth-order valence-corrected chi connectivity index (χ4v) is 11.3. The smallest absolute Gasteiger partial charge is 0.238 e. The second-order valence-electron chi connectivity index (χ2n) is 17.0. The van der Waals surface area contributed by atoms with E-state index in [1.165, 1.54) is 49.9 Å². The molecule has 0 bridgehead atoms. The number of hydrogen-bond donors (Lipinski definition) is 0. The van der Waals surface area contributed by atoms with Crippen LogP contribution in [0.1, 0.15) is 22.3 Å². The molecule has 0 radical (unpaired) electrons. The molecule has 0 unspecified atom stereocenters. The Kier molecular flexibility index (Phi) is 6.53. The summed E-state index contributed by atoms with van der Waals surface area (Å²) in [5, 5.41) is 6.56. The van der Waals surface area contributed by atoms with Crippen LogP contribution in [0, 0.1) is 0 Å². The molecule has 6 heteroatoms. The summed E-state index contributed by atoms with van der Waals surface area (Å²) in [6.07, 6.45) is 0. The third-order valence-corrected chi connectivity index (χ3v) is 13.9. The standard InChI is InChI=1S/C58H32N4O2/c1-7-19-43-35(13-1)36-14-2-8-20-44(36)58(43)45-21-9-3-17-41(45)53-46(58)29-30-48-54(53)42-18-4-10-22-47(42)62(48)57-60-55(33-25-27-39-37-15-5-11-23-49(37)63-51(39)31-33)59-56(61-57)34-26-28-40-38-16-6-12-24-50(38)64-52(40)32-34/h1-32H. The Hall–Kier alpha value is -8.61. The van der Waals surface area contributed by atoms with Crippen molar-refractivity contribution in [3.8, 4) is 51.0 Å².